The normalized spacial score (nSPS) is 21.3. The molecule has 2 aliphatic rings. The lowest BCUT2D eigenvalue weighted by Gasteiger charge is -2.24. The van der Waals surface area contributed by atoms with Crippen LogP contribution in [-0.2, 0) is 11.2 Å². The molecule has 2 N–H and O–H groups in total. The van der Waals surface area contributed by atoms with Gasteiger partial charge < -0.3 is 20.1 Å². The number of hydrogen-bond acceptors (Lipinski definition) is 4. The maximum absolute atomic E-state index is 12.0. The van der Waals surface area contributed by atoms with E-state index in [0.717, 1.165) is 43.0 Å². The molecule has 1 aromatic rings. The molecule has 0 aromatic heterocycles. The first-order valence-electron chi connectivity index (χ1n) is 7.20. The highest BCUT2D eigenvalue weighted by Crippen LogP contribution is 2.30. The van der Waals surface area contributed by atoms with E-state index in [-0.39, 0.29) is 11.9 Å². The molecule has 1 amide bonds. The average Bonchev–Trinajstić information content (AvgIpc) is 2.48. The van der Waals surface area contributed by atoms with Gasteiger partial charge in [-0.25, -0.2) is 0 Å². The Balaban J connectivity index is 1.58. The number of benzene rings is 1. The van der Waals surface area contributed by atoms with Gasteiger partial charge in [0.2, 0.25) is 5.91 Å². The van der Waals surface area contributed by atoms with Crippen molar-refractivity contribution in [1.82, 2.24) is 10.6 Å². The predicted octanol–water partition coefficient (Wildman–Crippen LogP) is 0.868. The lowest BCUT2D eigenvalue weighted by Crippen LogP contribution is -2.46. The van der Waals surface area contributed by atoms with E-state index in [4.69, 9.17) is 9.47 Å². The van der Waals surface area contributed by atoms with E-state index in [1.165, 1.54) is 0 Å². The van der Waals surface area contributed by atoms with Crippen molar-refractivity contribution >= 4 is 5.91 Å². The van der Waals surface area contributed by atoms with Crippen LogP contribution in [0.15, 0.2) is 18.2 Å². The summed E-state index contributed by atoms with van der Waals surface area (Å²) in [6.45, 7) is 3.07. The van der Waals surface area contributed by atoms with Crippen molar-refractivity contribution in [2.24, 2.45) is 0 Å². The van der Waals surface area contributed by atoms with Gasteiger partial charge in [-0.1, -0.05) is 6.07 Å². The number of amides is 1. The Bertz CT molecular complexity index is 484. The predicted molar refractivity (Wildman–Crippen MR) is 75.2 cm³/mol. The lowest BCUT2D eigenvalue weighted by molar-refractivity contribution is -0.121. The number of carbonyl (C=O) groups is 1. The fourth-order valence-electron chi connectivity index (χ4n) is 2.64. The molecular weight excluding hydrogens is 256 g/mol. The fourth-order valence-corrected chi connectivity index (χ4v) is 2.64. The van der Waals surface area contributed by atoms with E-state index in [0.29, 0.717) is 19.6 Å². The number of ether oxygens (including phenoxy) is 2. The number of rotatable bonds is 3. The van der Waals surface area contributed by atoms with E-state index < -0.39 is 0 Å². The van der Waals surface area contributed by atoms with Crippen LogP contribution in [0.5, 0.6) is 11.5 Å². The third-order valence-electron chi connectivity index (χ3n) is 3.63. The van der Waals surface area contributed by atoms with Gasteiger partial charge in [-0.05, 0) is 37.1 Å². The van der Waals surface area contributed by atoms with Gasteiger partial charge in [0.1, 0.15) is 13.2 Å². The molecule has 0 aliphatic carbocycles. The summed E-state index contributed by atoms with van der Waals surface area (Å²) >= 11 is 0. The second-order valence-corrected chi connectivity index (χ2v) is 5.27. The molecule has 0 saturated carbocycles. The zero-order valence-electron chi connectivity index (χ0n) is 11.5. The van der Waals surface area contributed by atoms with Crippen molar-refractivity contribution < 1.29 is 14.3 Å². The van der Waals surface area contributed by atoms with Crippen LogP contribution in [-0.4, -0.2) is 38.3 Å². The molecule has 1 atom stereocenters. The molecule has 2 heterocycles. The first-order valence-corrected chi connectivity index (χ1v) is 7.20. The Kier molecular flexibility index (Phi) is 4.06. The largest absolute Gasteiger partial charge is 0.486 e. The van der Waals surface area contributed by atoms with Crippen LogP contribution >= 0.6 is 0 Å². The third kappa shape index (κ3) is 3.22. The minimum Gasteiger partial charge on any atom is -0.486 e. The van der Waals surface area contributed by atoms with Gasteiger partial charge in [0.25, 0.3) is 0 Å². The molecule has 0 unspecified atom stereocenters. The second-order valence-electron chi connectivity index (χ2n) is 5.27. The van der Waals surface area contributed by atoms with Crippen LogP contribution in [0, 0.1) is 0 Å². The van der Waals surface area contributed by atoms with Crippen LogP contribution in [0.25, 0.3) is 0 Å². The van der Waals surface area contributed by atoms with E-state index in [2.05, 4.69) is 10.6 Å². The van der Waals surface area contributed by atoms with Gasteiger partial charge in [-0.3, -0.25) is 4.79 Å². The van der Waals surface area contributed by atoms with Crippen LogP contribution in [0.1, 0.15) is 18.4 Å². The van der Waals surface area contributed by atoms with Crippen molar-refractivity contribution in [1.29, 1.82) is 0 Å². The standard InChI is InChI=1S/C15H20N2O3/c18-15(17-12-2-1-5-16-10-12)9-11-3-4-13-14(8-11)20-7-6-19-13/h3-4,8,12,16H,1-2,5-7,9-10H2,(H,17,18)/t12-/m0/s1. The van der Waals surface area contributed by atoms with Gasteiger partial charge in [0.15, 0.2) is 11.5 Å². The highest BCUT2D eigenvalue weighted by Gasteiger charge is 2.17. The molecular formula is C15H20N2O3. The molecule has 108 valence electrons. The number of piperidine rings is 1. The summed E-state index contributed by atoms with van der Waals surface area (Å²) in [5, 5.41) is 6.37. The van der Waals surface area contributed by atoms with Gasteiger partial charge in [-0.2, -0.15) is 0 Å². The van der Waals surface area contributed by atoms with Crippen molar-refractivity contribution in [3.8, 4) is 11.5 Å². The maximum Gasteiger partial charge on any atom is 0.224 e. The smallest absolute Gasteiger partial charge is 0.224 e. The first kappa shape index (κ1) is 13.2. The lowest BCUT2D eigenvalue weighted by atomic mass is 10.1. The van der Waals surface area contributed by atoms with E-state index in [1.807, 2.05) is 18.2 Å². The second kappa shape index (κ2) is 6.13. The topological polar surface area (TPSA) is 59.6 Å². The summed E-state index contributed by atoms with van der Waals surface area (Å²) in [4.78, 5) is 12.0. The zero-order chi connectivity index (χ0) is 13.8. The molecule has 5 heteroatoms. The Morgan fingerprint density at radius 1 is 1.30 bits per heavy atom. The molecule has 20 heavy (non-hydrogen) atoms. The first-order chi connectivity index (χ1) is 9.81. The number of hydrogen-bond donors (Lipinski definition) is 2. The Morgan fingerprint density at radius 3 is 2.95 bits per heavy atom. The number of fused-ring (bicyclic) bond motifs is 1. The quantitative estimate of drug-likeness (QED) is 0.860. The van der Waals surface area contributed by atoms with Gasteiger partial charge in [-0.15, -0.1) is 0 Å². The van der Waals surface area contributed by atoms with Crippen molar-refractivity contribution in [3.05, 3.63) is 23.8 Å². The van der Waals surface area contributed by atoms with Crippen LogP contribution in [0.3, 0.4) is 0 Å². The van der Waals surface area contributed by atoms with Crippen molar-refractivity contribution in [2.75, 3.05) is 26.3 Å². The van der Waals surface area contributed by atoms with E-state index >= 15 is 0 Å². The minimum atomic E-state index is 0.0652. The summed E-state index contributed by atoms with van der Waals surface area (Å²) < 4.78 is 11.0. The monoisotopic (exact) mass is 276 g/mol. The Morgan fingerprint density at radius 2 is 2.15 bits per heavy atom. The molecule has 0 bridgehead atoms. The maximum atomic E-state index is 12.0. The molecule has 1 fully saturated rings. The molecule has 1 saturated heterocycles. The summed E-state index contributed by atoms with van der Waals surface area (Å²) in [6.07, 6.45) is 2.56. The van der Waals surface area contributed by atoms with Gasteiger partial charge in [0, 0.05) is 12.6 Å². The highest BCUT2D eigenvalue weighted by atomic mass is 16.6. The van der Waals surface area contributed by atoms with E-state index in [9.17, 15) is 4.79 Å². The molecule has 1 aromatic carbocycles. The average molecular weight is 276 g/mol. The Hall–Kier alpha value is -1.75. The van der Waals surface area contributed by atoms with Gasteiger partial charge >= 0.3 is 0 Å². The Labute approximate surface area is 118 Å². The summed E-state index contributed by atoms with van der Waals surface area (Å²) in [7, 11) is 0. The molecule has 0 radical (unpaired) electrons. The van der Waals surface area contributed by atoms with Crippen LogP contribution in [0.4, 0.5) is 0 Å². The summed E-state index contributed by atoms with van der Waals surface area (Å²) in [5.74, 6) is 1.56. The third-order valence-corrected chi connectivity index (χ3v) is 3.63. The summed E-state index contributed by atoms with van der Waals surface area (Å²) in [6, 6.07) is 5.95. The molecule has 2 aliphatic heterocycles. The molecule has 0 spiro atoms. The van der Waals surface area contributed by atoms with Crippen LogP contribution in [0.2, 0.25) is 0 Å². The minimum absolute atomic E-state index is 0.0652. The number of carbonyl (C=O) groups excluding carboxylic acids is 1. The van der Waals surface area contributed by atoms with E-state index in [1.54, 1.807) is 0 Å². The van der Waals surface area contributed by atoms with Crippen molar-refractivity contribution in [3.63, 3.8) is 0 Å². The van der Waals surface area contributed by atoms with Crippen molar-refractivity contribution in [2.45, 2.75) is 25.3 Å². The van der Waals surface area contributed by atoms with Crippen LogP contribution < -0.4 is 20.1 Å². The zero-order valence-corrected chi connectivity index (χ0v) is 11.5. The summed E-state index contributed by atoms with van der Waals surface area (Å²) in [5.41, 5.74) is 0.954. The number of nitrogens with one attached hydrogen (secondary N) is 2. The van der Waals surface area contributed by atoms with Gasteiger partial charge in [0.05, 0.1) is 6.42 Å². The SMILES string of the molecule is O=C(Cc1ccc2c(c1)OCCO2)N[C@H]1CCCNC1. The molecule has 5 nitrogen and oxygen atoms in total. The highest BCUT2D eigenvalue weighted by molar-refractivity contribution is 5.79. The molecule has 3 rings (SSSR count). The fraction of sp³-hybridized carbons (Fsp3) is 0.533.